The van der Waals surface area contributed by atoms with Gasteiger partial charge < -0.3 is 9.47 Å². The molecule has 7 nitrogen and oxygen atoms in total. The Balaban J connectivity index is 1.33. The Hall–Kier alpha value is -3.69. The van der Waals surface area contributed by atoms with Crippen molar-refractivity contribution >= 4 is 54.2 Å². The average Bonchev–Trinajstić information content (AvgIpc) is 2.90. The molecule has 9 heteroatoms. The van der Waals surface area contributed by atoms with E-state index in [0.717, 1.165) is 15.2 Å². The van der Waals surface area contributed by atoms with E-state index in [1.807, 2.05) is 24.3 Å². The van der Waals surface area contributed by atoms with Crippen molar-refractivity contribution in [3.63, 3.8) is 0 Å². The van der Waals surface area contributed by atoms with Crippen molar-refractivity contribution in [2.24, 2.45) is 0 Å². The van der Waals surface area contributed by atoms with Crippen molar-refractivity contribution in [2.75, 3.05) is 24.6 Å². The minimum Gasteiger partial charge on any atom is -0.482 e. The number of hydrogen-bond donors (Lipinski definition) is 0. The quantitative estimate of drug-likeness (QED) is 0.203. The highest BCUT2D eigenvalue weighted by molar-refractivity contribution is 9.10. The first-order valence-electron chi connectivity index (χ1n) is 10.9. The van der Waals surface area contributed by atoms with Gasteiger partial charge >= 0.3 is 5.97 Å². The molecule has 4 aromatic rings. The SMILES string of the molecule is CN(c1ccc(OCC(=O)OCC(=O)c2cccc(Br)c2)cc1)S(=O)(=O)c1ccc2ccccc2c1. The van der Waals surface area contributed by atoms with Crippen molar-refractivity contribution in [2.45, 2.75) is 4.90 Å². The Morgan fingerprint density at radius 3 is 2.28 bits per heavy atom. The molecule has 0 aliphatic carbocycles. The molecule has 0 N–H and O–H groups in total. The van der Waals surface area contributed by atoms with Crippen LogP contribution in [0.4, 0.5) is 5.69 Å². The van der Waals surface area contributed by atoms with E-state index in [1.165, 1.54) is 11.4 Å². The number of fused-ring (bicyclic) bond motifs is 1. The lowest BCUT2D eigenvalue weighted by molar-refractivity contribution is -0.144. The van der Waals surface area contributed by atoms with Crippen LogP contribution in [0, 0.1) is 0 Å². The second kappa shape index (κ2) is 10.9. The Morgan fingerprint density at radius 1 is 0.833 bits per heavy atom. The van der Waals surface area contributed by atoms with Crippen LogP contribution in [0.3, 0.4) is 0 Å². The van der Waals surface area contributed by atoms with Gasteiger partial charge in [0, 0.05) is 17.1 Å². The van der Waals surface area contributed by atoms with Gasteiger partial charge in [0.05, 0.1) is 10.6 Å². The summed E-state index contributed by atoms with van der Waals surface area (Å²) in [5, 5.41) is 1.79. The molecule has 0 amide bonds. The second-order valence-electron chi connectivity index (χ2n) is 7.86. The molecular weight excluding hydrogens is 546 g/mol. The zero-order chi connectivity index (χ0) is 25.7. The van der Waals surface area contributed by atoms with E-state index in [0.29, 0.717) is 17.0 Å². The zero-order valence-corrected chi connectivity index (χ0v) is 21.7. The van der Waals surface area contributed by atoms with E-state index in [2.05, 4.69) is 15.9 Å². The highest BCUT2D eigenvalue weighted by Crippen LogP contribution is 2.26. The molecule has 0 aliphatic rings. The molecule has 0 aromatic heterocycles. The third kappa shape index (κ3) is 5.92. The number of esters is 1. The molecule has 0 bridgehead atoms. The number of hydrogen-bond acceptors (Lipinski definition) is 6. The van der Waals surface area contributed by atoms with Crippen LogP contribution in [0.5, 0.6) is 5.75 Å². The maximum atomic E-state index is 13.1. The zero-order valence-electron chi connectivity index (χ0n) is 19.3. The van der Waals surface area contributed by atoms with Crippen molar-refractivity contribution in [1.29, 1.82) is 0 Å². The van der Waals surface area contributed by atoms with Crippen molar-refractivity contribution in [1.82, 2.24) is 0 Å². The summed E-state index contributed by atoms with van der Waals surface area (Å²) < 4.78 is 38.6. The van der Waals surface area contributed by atoms with Crippen LogP contribution in [0.2, 0.25) is 0 Å². The van der Waals surface area contributed by atoms with Gasteiger partial charge in [-0.3, -0.25) is 9.10 Å². The summed E-state index contributed by atoms with van der Waals surface area (Å²) in [6, 6.07) is 25.6. The highest BCUT2D eigenvalue weighted by Gasteiger charge is 2.21. The monoisotopic (exact) mass is 567 g/mol. The molecule has 0 saturated carbocycles. The predicted octanol–water partition coefficient (Wildman–Crippen LogP) is 5.23. The fourth-order valence-corrected chi connectivity index (χ4v) is 5.08. The molecule has 0 atom stereocenters. The van der Waals surface area contributed by atoms with Crippen LogP contribution < -0.4 is 9.04 Å². The number of Topliss-reactive ketones (excluding diaryl/α,β-unsaturated/α-hetero) is 1. The number of ether oxygens (including phenoxy) is 2. The number of ketones is 1. The number of benzene rings is 4. The number of rotatable bonds is 9. The van der Waals surface area contributed by atoms with Crippen molar-refractivity contribution < 1.29 is 27.5 Å². The van der Waals surface area contributed by atoms with Crippen LogP contribution in [0.25, 0.3) is 10.8 Å². The topological polar surface area (TPSA) is 90.0 Å². The van der Waals surface area contributed by atoms with E-state index in [-0.39, 0.29) is 10.7 Å². The molecule has 0 radical (unpaired) electrons. The van der Waals surface area contributed by atoms with Crippen LogP contribution >= 0.6 is 15.9 Å². The van der Waals surface area contributed by atoms with Gasteiger partial charge in [-0.25, -0.2) is 13.2 Å². The molecule has 0 spiro atoms. The lowest BCUT2D eigenvalue weighted by Gasteiger charge is -2.20. The Morgan fingerprint density at radius 2 is 1.56 bits per heavy atom. The molecule has 4 rings (SSSR count). The second-order valence-corrected chi connectivity index (χ2v) is 10.7. The third-order valence-corrected chi connectivity index (χ3v) is 7.72. The van der Waals surface area contributed by atoms with Gasteiger partial charge in [-0.15, -0.1) is 0 Å². The molecule has 36 heavy (non-hydrogen) atoms. The van der Waals surface area contributed by atoms with Gasteiger partial charge in [0.2, 0.25) is 0 Å². The van der Waals surface area contributed by atoms with E-state index in [1.54, 1.807) is 66.7 Å². The van der Waals surface area contributed by atoms with Crippen molar-refractivity contribution in [3.8, 4) is 5.75 Å². The molecule has 0 saturated heterocycles. The van der Waals surface area contributed by atoms with Gasteiger partial charge in [0.25, 0.3) is 10.0 Å². The first-order valence-corrected chi connectivity index (χ1v) is 13.1. The van der Waals surface area contributed by atoms with Crippen LogP contribution in [-0.2, 0) is 19.6 Å². The summed E-state index contributed by atoms with van der Waals surface area (Å²) in [5.74, 6) is -0.673. The molecule has 0 heterocycles. The number of carbonyl (C=O) groups is 2. The van der Waals surface area contributed by atoms with E-state index >= 15 is 0 Å². The Kier molecular flexibility index (Phi) is 7.71. The predicted molar refractivity (Wildman–Crippen MR) is 141 cm³/mol. The summed E-state index contributed by atoms with van der Waals surface area (Å²) in [5.41, 5.74) is 0.856. The minimum atomic E-state index is -3.78. The molecular formula is C27H22BrNO6S. The number of nitrogens with zero attached hydrogens (tertiary/aromatic N) is 1. The van der Waals surface area contributed by atoms with Crippen LogP contribution in [0.15, 0.2) is 100 Å². The van der Waals surface area contributed by atoms with E-state index in [4.69, 9.17) is 9.47 Å². The molecule has 0 unspecified atom stereocenters. The maximum Gasteiger partial charge on any atom is 0.344 e. The number of anilines is 1. The lowest BCUT2D eigenvalue weighted by Crippen LogP contribution is -2.26. The van der Waals surface area contributed by atoms with Crippen LogP contribution in [-0.4, -0.2) is 40.4 Å². The largest absolute Gasteiger partial charge is 0.482 e. The lowest BCUT2D eigenvalue weighted by atomic mass is 10.1. The Labute approximate surface area is 217 Å². The smallest absolute Gasteiger partial charge is 0.344 e. The standard InChI is InChI=1S/C27H22BrNO6S/c1-29(36(32,33)25-14-9-19-5-2-3-6-20(19)16-25)23-10-12-24(13-11-23)34-18-27(31)35-17-26(30)21-7-4-8-22(28)15-21/h2-16H,17-18H2,1H3. The van der Waals surface area contributed by atoms with Gasteiger partial charge in [-0.05, 0) is 59.3 Å². The summed E-state index contributed by atoms with van der Waals surface area (Å²) in [6.07, 6.45) is 0. The molecule has 0 fully saturated rings. The molecule has 184 valence electrons. The fourth-order valence-electron chi connectivity index (χ4n) is 3.45. The van der Waals surface area contributed by atoms with Gasteiger partial charge in [-0.1, -0.05) is 58.4 Å². The number of sulfonamides is 1. The third-order valence-electron chi connectivity index (χ3n) is 5.45. The summed E-state index contributed by atoms with van der Waals surface area (Å²) in [6.45, 7) is -0.786. The fraction of sp³-hybridized carbons (Fsp3) is 0.111. The number of halogens is 1. The average molecular weight is 568 g/mol. The first-order chi connectivity index (χ1) is 17.2. The van der Waals surface area contributed by atoms with Gasteiger partial charge in [0.15, 0.2) is 19.0 Å². The minimum absolute atomic E-state index is 0.184. The van der Waals surface area contributed by atoms with Crippen LogP contribution in [0.1, 0.15) is 10.4 Å². The molecule has 4 aromatic carbocycles. The normalized spacial score (nSPS) is 11.2. The van der Waals surface area contributed by atoms with Gasteiger partial charge in [0.1, 0.15) is 5.75 Å². The summed E-state index contributed by atoms with van der Waals surface area (Å²) in [4.78, 5) is 24.3. The van der Waals surface area contributed by atoms with E-state index in [9.17, 15) is 18.0 Å². The van der Waals surface area contributed by atoms with E-state index < -0.39 is 29.2 Å². The summed E-state index contributed by atoms with van der Waals surface area (Å²) in [7, 11) is -2.31. The number of carbonyl (C=O) groups excluding carboxylic acids is 2. The highest BCUT2D eigenvalue weighted by atomic mass is 79.9. The Bertz CT molecular complexity index is 1520. The van der Waals surface area contributed by atoms with Gasteiger partial charge in [-0.2, -0.15) is 0 Å². The first kappa shape index (κ1) is 25.4. The van der Waals surface area contributed by atoms with Crippen molar-refractivity contribution in [3.05, 3.63) is 101 Å². The maximum absolute atomic E-state index is 13.1. The summed E-state index contributed by atoms with van der Waals surface area (Å²) >= 11 is 3.29. The molecule has 0 aliphatic heterocycles.